The molecular weight excluding hydrogens is 230 g/mol. The molecule has 0 spiro atoms. The summed E-state index contributed by atoms with van der Waals surface area (Å²) in [4.78, 5) is 14.0. The second-order valence-electron chi connectivity index (χ2n) is 4.60. The lowest BCUT2D eigenvalue weighted by Crippen LogP contribution is -2.43. The van der Waals surface area contributed by atoms with Crippen molar-refractivity contribution < 1.29 is 4.79 Å². The quantitative estimate of drug-likeness (QED) is 0.820. The van der Waals surface area contributed by atoms with Crippen molar-refractivity contribution in [2.24, 2.45) is 0 Å². The number of carbonyl (C=O) groups excluding carboxylic acids is 1. The maximum atomic E-state index is 11.9. The number of nitrogens with two attached hydrogens (primary N) is 1. The minimum Gasteiger partial charge on any atom is -0.394 e. The van der Waals surface area contributed by atoms with Crippen LogP contribution in [0, 0.1) is 6.92 Å². The first-order valence-corrected chi connectivity index (χ1v) is 6.41. The van der Waals surface area contributed by atoms with E-state index in [1.165, 1.54) is 0 Å². The maximum absolute atomic E-state index is 11.9. The van der Waals surface area contributed by atoms with Crippen LogP contribution in [0.3, 0.4) is 0 Å². The Morgan fingerprint density at radius 2 is 2.33 bits per heavy atom. The predicted octanol–water partition coefficient (Wildman–Crippen LogP) is 0.508. The molecule has 1 unspecified atom stereocenters. The standard InChI is InChI=1S/C12H21N5O/c1-4-17-12(10(13)8(2)15-17)16-7-5-6-9(16)11(18)14-3/h9H,4-7,13H2,1-3H3,(H,14,18). The molecule has 2 rings (SSSR count). The Bertz CT molecular complexity index is 454. The van der Waals surface area contributed by atoms with E-state index in [-0.39, 0.29) is 11.9 Å². The summed E-state index contributed by atoms with van der Waals surface area (Å²) < 4.78 is 1.88. The van der Waals surface area contributed by atoms with Crippen molar-refractivity contribution in [1.82, 2.24) is 15.1 Å². The van der Waals surface area contributed by atoms with E-state index < -0.39 is 0 Å². The topological polar surface area (TPSA) is 76.2 Å². The van der Waals surface area contributed by atoms with Crippen molar-refractivity contribution in [2.75, 3.05) is 24.2 Å². The van der Waals surface area contributed by atoms with E-state index >= 15 is 0 Å². The molecule has 0 saturated carbocycles. The van der Waals surface area contributed by atoms with Gasteiger partial charge in [-0.25, -0.2) is 4.68 Å². The number of anilines is 2. The van der Waals surface area contributed by atoms with Crippen molar-refractivity contribution in [3.05, 3.63) is 5.69 Å². The summed E-state index contributed by atoms with van der Waals surface area (Å²) in [5.74, 6) is 0.939. The average Bonchev–Trinajstić information content (AvgIpc) is 2.94. The van der Waals surface area contributed by atoms with Crippen LogP contribution in [0.4, 0.5) is 11.5 Å². The van der Waals surface area contributed by atoms with Crippen LogP contribution >= 0.6 is 0 Å². The second kappa shape index (κ2) is 4.88. The van der Waals surface area contributed by atoms with Gasteiger partial charge >= 0.3 is 0 Å². The molecule has 0 bridgehead atoms. The van der Waals surface area contributed by atoms with Crippen LogP contribution in [0.5, 0.6) is 0 Å². The number of rotatable bonds is 3. The summed E-state index contributed by atoms with van der Waals surface area (Å²) >= 11 is 0. The van der Waals surface area contributed by atoms with Crippen molar-refractivity contribution >= 4 is 17.4 Å². The van der Waals surface area contributed by atoms with Crippen LogP contribution in [-0.2, 0) is 11.3 Å². The smallest absolute Gasteiger partial charge is 0.242 e. The van der Waals surface area contributed by atoms with Gasteiger partial charge in [-0.2, -0.15) is 5.10 Å². The highest BCUT2D eigenvalue weighted by Gasteiger charge is 2.33. The predicted molar refractivity (Wildman–Crippen MR) is 71.5 cm³/mol. The number of nitrogens with one attached hydrogen (secondary N) is 1. The molecule has 1 aromatic rings. The Labute approximate surface area is 107 Å². The fourth-order valence-electron chi connectivity index (χ4n) is 2.57. The van der Waals surface area contributed by atoms with E-state index in [1.54, 1.807) is 7.05 Å². The zero-order valence-electron chi connectivity index (χ0n) is 11.2. The van der Waals surface area contributed by atoms with Crippen molar-refractivity contribution in [2.45, 2.75) is 39.3 Å². The van der Waals surface area contributed by atoms with Crippen LogP contribution < -0.4 is 16.0 Å². The van der Waals surface area contributed by atoms with Gasteiger partial charge in [0.25, 0.3) is 0 Å². The van der Waals surface area contributed by atoms with Crippen LogP contribution in [0.25, 0.3) is 0 Å². The van der Waals surface area contributed by atoms with E-state index in [4.69, 9.17) is 5.73 Å². The van der Waals surface area contributed by atoms with Gasteiger partial charge in [-0.3, -0.25) is 4.79 Å². The Morgan fingerprint density at radius 3 is 2.94 bits per heavy atom. The van der Waals surface area contributed by atoms with Crippen molar-refractivity contribution in [1.29, 1.82) is 0 Å². The zero-order valence-corrected chi connectivity index (χ0v) is 11.2. The lowest BCUT2D eigenvalue weighted by atomic mass is 10.2. The molecule has 1 aliphatic rings. The van der Waals surface area contributed by atoms with Gasteiger partial charge in [0.15, 0.2) is 5.82 Å². The third-order valence-corrected chi connectivity index (χ3v) is 3.52. The number of hydrogen-bond donors (Lipinski definition) is 2. The van der Waals surface area contributed by atoms with Crippen molar-refractivity contribution in [3.8, 4) is 0 Å². The molecule has 1 aliphatic heterocycles. The summed E-state index contributed by atoms with van der Waals surface area (Å²) in [6.45, 7) is 5.54. The summed E-state index contributed by atoms with van der Waals surface area (Å²) in [6.07, 6.45) is 1.87. The molecule has 3 N–H and O–H groups in total. The van der Waals surface area contributed by atoms with Gasteiger partial charge in [-0.15, -0.1) is 0 Å². The van der Waals surface area contributed by atoms with Gasteiger partial charge < -0.3 is 16.0 Å². The summed E-state index contributed by atoms with van der Waals surface area (Å²) in [5.41, 5.74) is 7.62. The van der Waals surface area contributed by atoms with Gasteiger partial charge in [0, 0.05) is 20.1 Å². The maximum Gasteiger partial charge on any atom is 0.242 e. The third-order valence-electron chi connectivity index (χ3n) is 3.52. The molecule has 1 saturated heterocycles. The number of nitrogens with zero attached hydrogens (tertiary/aromatic N) is 3. The number of likely N-dealkylation sites (N-methyl/N-ethyl adjacent to an activating group) is 1. The van der Waals surface area contributed by atoms with E-state index in [0.29, 0.717) is 5.69 Å². The SMILES string of the molecule is CCn1nc(C)c(N)c1N1CCCC1C(=O)NC. The van der Waals surface area contributed by atoms with Crippen LogP contribution in [0.1, 0.15) is 25.5 Å². The molecule has 0 radical (unpaired) electrons. The van der Waals surface area contributed by atoms with Gasteiger partial charge in [0.1, 0.15) is 6.04 Å². The molecule has 1 amide bonds. The Hall–Kier alpha value is -1.72. The highest BCUT2D eigenvalue weighted by Crippen LogP contribution is 2.32. The fraction of sp³-hybridized carbons (Fsp3) is 0.667. The Morgan fingerprint density at radius 1 is 1.61 bits per heavy atom. The molecule has 6 nitrogen and oxygen atoms in total. The third kappa shape index (κ3) is 1.91. The molecule has 0 aliphatic carbocycles. The molecule has 0 aromatic carbocycles. The highest BCUT2D eigenvalue weighted by molar-refractivity contribution is 5.86. The first kappa shape index (κ1) is 12.7. The second-order valence-corrected chi connectivity index (χ2v) is 4.60. The molecule has 1 atom stereocenters. The fourth-order valence-corrected chi connectivity index (χ4v) is 2.57. The highest BCUT2D eigenvalue weighted by atomic mass is 16.2. The number of carbonyl (C=O) groups is 1. The van der Waals surface area contributed by atoms with Gasteiger partial charge in [0.05, 0.1) is 11.4 Å². The lowest BCUT2D eigenvalue weighted by Gasteiger charge is -2.26. The molecule has 100 valence electrons. The summed E-state index contributed by atoms with van der Waals surface area (Å²) in [7, 11) is 1.67. The minimum absolute atomic E-state index is 0.0495. The van der Waals surface area contributed by atoms with Crippen molar-refractivity contribution in [3.63, 3.8) is 0 Å². The van der Waals surface area contributed by atoms with E-state index in [2.05, 4.69) is 15.3 Å². The first-order valence-electron chi connectivity index (χ1n) is 6.41. The summed E-state index contributed by atoms with van der Waals surface area (Å²) in [6, 6.07) is -0.126. The number of hydrogen-bond acceptors (Lipinski definition) is 4. The summed E-state index contributed by atoms with van der Waals surface area (Å²) in [5, 5.41) is 7.13. The van der Waals surface area contributed by atoms with Gasteiger partial charge in [0.2, 0.25) is 5.91 Å². The molecule has 18 heavy (non-hydrogen) atoms. The average molecular weight is 251 g/mol. The van der Waals surface area contributed by atoms with Crippen LogP contribution in [0.15, 0.2) is 0 Å². The van der Waals surface area contributed by atoms with Gasteiger partial charge in [-0.1, -0.05) is 0 Å². The molecule has 1 fully saturated rings. The zero-order chi connectivity index (χ0) is 13.3. The minimum atomic E-state index is -0.126. The monoisotopic (exact) mass is 251 g/mol. The van der Waals surface area contributed by atoms with Crippen LogP contribution in [0.2, 0.25) is 0 Å². The van der Waals surface area contributed by atoms with Crippen LogP contribution in [-0.4, -0.2) is 35.3 Å². The Kier molecular flexibility index (Phi) is 3.45. The number of nitrogen functional groups attached to an aromatic ring is 1. The molecule has 6 heteroatoms. The normalized spacial score (nSPS) is 19.3. The Balaban J connectivity index is 2.38. The first-order chi connectivity index (χ1) is 8.60. The van der Waals surface area contributed by atoms with E-state index in [9.17, 15) is 4.79 Å². The number of aromatic nitrogens is 2. The molecular formula is C12H21N5O. The number of aryl methyl sites for hydroxylation is 2. The molecule has 2 heterocycles. The van der Waals surface area contributed by atoms with E-state index in [1.807, 2.05) is 18.5 Å². The number of amides is 1. The van der Waals surface area contributed by atoms with E-state index in [0.717, 1.165) is 37.4 Å². The largest absolute Gasteiger partial charge is 0.394 e. The lowest BCUT2D eigenvalue weighted by molar-refractivity contribution is -0.121. The van der Waals surface area contributed by atoms with Gasteiger partial charge in [-0.05, 0) is 26.7 Å². The molecule has 1 aromatic heterocycles.